The molecule has 30 heavy (non-hydrogen) atoms. The topological polar surface area (TPSA) is 108 Å². The number of carbonyl (C=O) groups excluding carboxylic acids is 2. The van der Waals surface area contributed by atoms with Crippen LogP contribution < -0.4 is 15.4 Å². The number of nitrogens with zero attached hydrogens (tertiary/aromatic N) is 1. The zero-order chi connectivity index (χ0) is 21.7. The van der Waals surface area contributed by atoms with Crippen LogP contribution >= 0.6 is 0 Å². The Balaban J connectivity index is 1.71. The molecule has 0 radical (unpaired) electrons. The molecule has 0 aliphatic carbocycles. The summed E-state index contributed by atoms with van der Waals surface area (Å²) in [6.07, 6.45) is 1.83. The Bertz CT molecular complexity index is 1020. The second-order valence-corrected chi connectivity index (χ2v) is 9.24. The molecule has 1 heterocycles. The zero-order valence-electron chi connectivity index (χ0n) is 17.0. The van der Waals surface area contributed by atoms with Crippen LogP contribution in [0.3, 0.4) is 0 Å². The van der Waals surface area contributed by atoms with Gasteiger partial charge in [0.2, 0.25) is 15.9 Å². The third kappa shape index (κ3) is 6.30. The van der Waals surface area contributed by atoms with Gasteiger partial charge in [0, 0.05) is 38.3 Å². The molecule has 160 valence electrons. The molecule has 2 aromatic carbocycles. The van der Waals surface area contributed by atoms with Crippen molar-refractivity contribution < 1.29 is 18.0 Å². The van der Waals surface area contributed by atoms with E-state index in [4.69, 9.17) is 0 Å². The van der Waals surface area contributed by atoms with E-state index >= 15 is 0 Å². The molecule has 3 N–H and O–H groups in total. The highest BCUT2D eigenvalue weighted by molar-refractivity contribution is 7.92. The molecule has 3 rings (SSSR count). The van der Waals surface area contributed by atoms with E-state index in [1.807, 2.05) is 18.2 Å². The minimum atomic E-state index is -3.57. The normalized spacial score (nSPS) is 16.8. The van der Waals surface area contributed by atoms with Gasteiger partial charge in [0.25, 0.3) is 5.91 Å². The molecule has 2 aromatic rings. The van der Waals surface area contributed by atoms with Gasteiger partial charge in [-0.2, -0.15) is 0 Å². The molecule has 1 atom stereocenters. The maximum Gasteiger partial charge on any atom is 0.253 e. The highest BCUT2D eigenvalue weighted by Gasteiger charge is 2.25. The van der Waals surface area contributed by atoms with Gasteiger partial charge in [0.1, 0.15) is 0 Å². The number of likely N-dealkylation sites (tertiary alicyclic amines) is 1. The van der Waals surface area contributed by atoms with Gasteiger partial charge in [-0.25, -0.2) is 8.42 Å². The number of amides is 2. The molecular weight excluding hydrogens is 404 g/mol. The van der Waals surface area contributed by atoms with Crippen LogP contribution in [0.2, 0.25) is 0 Å². The lowest BCUT2D eigenvalue weighted by Gasteiger charge is -2.18. The van der Waals surface area contributed by atoms with E-state index in [0.29, 0.717) is 12.2 Å². The third-order valence-electron chi connectivity index (χ3n) is 4.74. The summed E-state index contributed by atoms with van der Waals surface area (Å²) >= 11 is 0. The Morgan fingerprint density at radius 2 is 1.87 bits per heavy atom. The van der Waals surface area contributed by atoms with Crippen molar-refractivity contribution in [3.8, 4) is 0 Å². The van der Waals surface area contributed by atoms with Gasteiger partial charge in [-0.1, -0.05) is 30.3 Å². The monoisotopic (exact) mass is 430 g/mol. The van der Waals surface area contributed by atoms with Crippen LogP contribution in [-0.4, -0.2) is 50.5 Å². The predicted octanol–water partition coefficient (Wildman–Crippen LogP) is 2.02. The number of sulfonamides is 1. The summed E-state index contributed by atoms with van der Waals surface area (Å²) in [6, 6.07) is 14.6. The predicted molar refractivity (Wildman–Crippen MR) is 117 cm³/mol. The molecule has 1 saturated heterocycles. The van der Waals surface area contributed by atoms with Crippen molar-refractivity contribution in [2.24, 2.45) is 0 Å². The zero-order valence-corrected chi connectivity index (χ0v) is 17.8. The molecule has 0 spiro atoms. The quantitative estimate of drug-likeness (QED) is 0.623. The van der Waals surface area contributed by atoms with E-state index in [9.17, 15) is 18.0 Å². The number of hydrogen-bond donors (Lipinski definition) is 3. The Labute approximate surface area is 176 Å². The lowest BCUT2D eigenvalue weighted by Crippen LogP contribution is -2.37. The summed E-state index contributed by atoms with van der Waals surface area (Å²) in [7, 11) is -3.57. The maximum absolute atomic E-state index is 12.9. The van der Waals surface area contributed by atoms with Crippen LogP contribution in [-0.2, 0) is 21.4 Å². The number of carbonyl (C=O) groups is 2. The first-order chi connectivity index (χ1) is 14.2. The Kier molecular flexibility index (Phi) is 6.73. The fraction of sp³-hybridized carbons (Fsp3) is 0.333. The summed E-state index contributed by atoms with van der Waals surface area (Å²) in [5.74, 6) is -0.669. The molecule has 0 bridgehead atoms. The van der Waals surface area contributed by atoms with Crippen molar-refractivity contribution in [2.75, 3.05) is 29.4 Å². The second-order valence-electron chi connectivity index (χ2n) is 7.50. The fourth-order valence-corrected chi connectivity index (χ4v) is 4.08. The summed E-state index contributed by atoms with van der Waals surface area (Å²) < 4.78 is 25.7. The average molecular weight is 431 g/mol. The van der Waals surface area contributed by atoms with Gasteiger partial charge in [-0.15, -0.1) is 0 Å². The molecule has 1 unspecified atom stereocenters. The van der Waals surface area contributed by atoms with Crippen LogP contribution in [0.15, 0.2) is 48.5 Å². The summed E-state index contributed by atoms with van der Waals surface area (Å²) in [6.45, 7) is 3.75. The first-order valence-corrected chi connectivity index (χ1v) is 11.6. The van der Waals surface area contributed by atoms with E-state index in [1.54, 1.807) is 6.07 Å². The Morgan fingerprint density at radius 3 is 2.53 bits per heavy atom. The van der Waals surface area contributed by atoms with E-state index in [2.05, 4.69) is 32.4 Å². The van der Waals surface area contributed by atoms with Gasteiger partial charge in [0.05, 0.1) is 17.5 Å². The lowest BCUT2D eigenvalue weighted by molar-refractivity contribution is -0.114. The van der Waals surface area contributed by atoms with E-state index in [-0.39, 0.29) is 29.1 Å². The van der Waals surface area contributed by atoms with Crippen molar-refractivity contribution in [3.63, 3.8) is 0 Å². The number of anilines is 2. The summed E-state index contributed by atoms with van der Waals surface area (Å²) in [4.78, 5) is 26.5. The number of rotatable bonds is 7. The standard InChI is InChI=1S/C21H26N4O4S/c1-15(26)22-17-8-9-20(24-30(2,28)29)19(12-17)21(27)23-18-10-11-25(14-18)13-16-6-4-3-5-7-16/h3-9,12,18,24H,10-11,13-14H2,1-2H3,(H,22,26)(H,23,27). The molecule has 1 fully saturated rings. The number of benzene rings is 2. The molecule has 8 nitrogen and oxygen atoms in total. The molecule has 9 heteroatoms. The highest BCUT2D eigenvalue weighted by atomic mass is 32.2. The minimum absolute atomic E-state index is 0.0447. The van der Waals surface area contributed by atoms with Crippen LogP contribution in [0.4, 0.5) is 11.4 Å². The van der Waals surface area contributed by atoms with Crippen LogP contribution in [0.5, 0.6) is 0 Å². The van der Waals surface area contributed by atoms with Crippen molar-refractivity contribution in [1.82, 2.24) is 10.2 Å². The summed E-state index contributed by atoms with van der Waals surface area (Å²) in [5.41, 5.74) is 1.97. The Morgan fingerprint density at radius 1 is 1.13 bits per heavy atom. The third-order valence-corrected chi connectivity index (χ3v) is 5.33. The second kappa shape index (κ2) is 9.27. The van der Waals surface area contributed by atoms with Crippen molar-refractivity contribution in [3.05, 3.63) is 59.7 Å². The number of nitrogens with one attached hydrogen (secondary N) is 3. The van der Waals surface area contributed by atoms with Crippen molar-refractivity contribution in [2.45, 2.75) is 25.9 Å². The van der Waals surface area contributed by atoms with E-state index in [1.165, 1.54) is 24.6 Å². The first kappa shape index (κ1) is 21.8. The van der Waals surface area contributed by atoms with Gasteiger partial charge < -0.3 is 10.6 Å². The molecule has 1 aliphatic rings. The smallest absolute Gasteiger partial charge is 0.253 e. The highest BCUT2D eigenvalue weighted by Crippen LogP contribution is 2.23. The molecular formula is C21H26N4O4S. The van der Waals surface area contributed by atoms with Crippen LogP contribution in [0.1, 0.15) is 29.3 Å². The van der Waals surface area contributed by atoms with Gasteiger partial charge in [0.15, 0.2) is 0 Å². The van der Waals surface area contributed by atoms with Crippen LogP contribution in [0.25, 0.3) is 0 Å². The van der Waals surface area contributed by atoms with Gasteiger partial charge >= 0.3 is 0 Å². The van der Waals surface area contributed by atoms with Gasteiger partial charge in [-0.3, -0.25) is 19.2 Å². The largest absolute Gasteiger partial charge is 0.348 e. The first-order valence-electron chi connectivity index (χ1n) is 9.66. The molecule has 2 amide bonds. The van der Waals surface area contributed by atoms with E-state index < -0.39 is 10.0 Å². The Hall–Kier alpha value is -2.91. The van der Waals surface area contributed by atoms with Crippen molar-refractivity contribution >= 4 is 33.2 Å². The number of hydrogen-bond acceptors (Lipinski definition) is 5. The minimum Gasteiger partial charge on any atom is -0.348 e. The molecule has 1 aliphatic heterocycles. The molecule has 0 aromatic heterocycles. The average Bonchev–Trinajstić information content (AvgIpc) is 3.09. The SMILES string of the molecule is CC(=O)Nc1ccc(NS(C)(=O)=O)c(C(=O)NC2CCN(Cc3ccccc3)C2)c1. The molecule has 0 saturated carbocycles. The van der Waals surface area contributed by atoms with Crippen molar-refractivity contribution in [1.29, 1.82) is 0 Å². The maximum atomic E-state index is 12.9. The van der Waals surface area contributed by atoms with E-state index in [0.717, 1.165) is 25.8 Å². The van der Waals surface area contributed by atoms with Crippen LogP contribution in [0, 0.1) is 0 Å². The lowest BCUT2D eigenvalue weighted by atomic mass is 10.1. The summed E-state index contributed by atoms with van der Waals surface area (Å²) in [5, 5.41) is 5.60. The fourth-order valence-electron chi connectivity index (χ4n) is 3.50. The van der Waals surface area contributed by atoms with Gasteiger partial charge in [-0.05, 0) is 30.2 Å².